The number of fused-ring (bicyclic) bond motifs is 1. The van der Waals surface area contributed by atoms with Gasteiger partial charge < -0.3 is 5.32 Å². The number of amides is 3. The second-order valence-corrected chi connectivity index (χ2v) is 7.28. The van der Waals surface area contributed by atoms with Crippen LogP contribution in [-0.4, -0.2) is 33.7 Å². The molecule has 0 aliphatic heterocycles. The number of rotatable bonds is 5. The van der Waals surface area contributed by atoms with Crippen molar-refractivity contribution in [2.24, 2.45) is 5.92 Å². The number of nitrogens with zero attached hydrogens (tertiary/aromatic N) is 2. The van der Waals surface area contributed by atoms with E-state index in [2.05, 4.69) is 20.6 Å². The van der Waals surface area contributed by atoms with Gasteiger partial charge in [0.15, 0.2) is 0 Å². The van der Waals surface area contributed by atoms with Crippen LogP contribution in [0.15, 0.2) is 29.3 Å². The van der Waals surface area contributed by atoms with Gasteiger partial charge in [0.1, 0.15) is 10.9 Å². The predicted molar refractivity (Wildman–Crippen MR) is 96.0 cm³/mol. The Morgan fingerprint density at radius 2 is 1.88 bits per heavy atom. The van der Waals surface area contributed by atoms with Crippen LogP contribution in [-0.2, 0) is 4.79 Å². The van der Waals surface area contributed by atoms with Crippen molar-refractivity contribution in [1.82, 2.24) is 20.6 Å². The van der Waals surface area contributed by atoms with Crippen LogP contribution in [0.5, 0.6) is 0 Å². The molecule has 1 heterocycles. The molecule has 3 amide bonds. The van der Waals surface area contributed by atoms with Crippen molar-refractivity contribution in [2.45, 2.75) is 38.0 Å². The maximum Gasteiger partial charge on any atom is 0.321 e. The van der Waals surface area contributed by atoms with Crippen LogP contribution < -0.4 is 10.6 Å². The highest BCUT2D eigenvalue weighted by Gasteiger charge is 2.19. The number of benzene rings is 1. The predicted octanol–water partition coefficient (Wildman–Crippen LogP) is 2.90. The van der Waals surface area contributed by atoms with Crippen LogP contribution in [0.3, 0.4) is 0 Å². The lowest BCUT2D eigenvalue weighted by atomic mass is 10.2. The molecule has 0 bridgehead atoms. The van der Waals surface area contributed by atoms with Gasteiger partial charge in [-0.05, 0) is 25.8 Å². The fourth-order valence-electron chi connectivity index (χ4n) is 2.02. The van der Waals surface area contributed by atoms with E-state index in [1.54, 1.807) is 6.92 Å². The Labute approximate surface area is 145 Å². The molecule has 2 aromatic rings. The van der Waals surface area contributed by atoms with Crippen molar-refractivity contribution >= 4 is 34.6 Å². The lowest BCUT2D eigenvalue weighted by Gasteiger charge is -2.13. The summed E-state index contributed by atoms with van der Waals surface area (Å²) in [5, 5.41) is 6.22. The Kier molecular flexibility index (Phi) is 6.14. The molecule has 0 saturated carbocycles. The molecule has 6 nitrogen and oxygen atoms in total. The molecule has 24 heavy (non-hydrogen) atoms. The van der Waals surface area contributed by atoms with E-state index in [1.807, 2.05) is 45.0 Å². The molecule has 1 unspecified atom stereocenters. The van der Waals surface area contributed by atoms with Crippen molar-refractivity contribution in [3.63, 3.8) is 0 Å². The topological polar surface area (TPSA) is 84.0 Å². The molecular formula is C17H22N4O2S. The van der Waals surface area contributed by atoms with Crippen molar-refractivity contribution in [3.05, 3.63) is 30.1 Å². The Balaban J connectivity index is 2.05. The Bertz CT molecular complexity index is 748. The summed E-state index contributed by atoms with van der Waals surface area (Å²) in [4.78, 5) is 32.7. The van der Waals surface area contributed by atoms with Crippen molar-refractivity contribution in [2.75, 3.05) is 6.54 Å². The Morgan fingerprint density at radius 1 is 1.17 bits per heavy atom. The summed E-state index contributed by atoms with van der Waals surface area (Å²) in [7, 11) is 0. The zero-order chi connectivity index (χ0) is 17.7. The number of para-hydroxylation sites is 1. The van der Waals surface area contributed by atoms with Gasteiger partial charge in [0.05, 0.1) is 10.8 Å². The minimum Gasteiger partial charge on any atom is -0.338 e. The molecule has 0 radical (unpaired) electrons. The molecule has 7 heteroatoms. The van der Waals surface area contributed by atoms with Crippen LogP contribution in [0.4, 0.5) is 4.79 Å². The van der Waals surface area contributed by atoms with E-state index in [9.17, 15) is 9.59 Å². The molecule has 0 fully saturated rings. The third-order valence-corrected chi connectivity index (χ3v) is 4.35. The number of carbonyl (C=O) groups is 2. The van der Waals surface area contributed by atoms with Gasteiger partial charge in [-0.1, -0.05) is 43.8 Å². The molecule has 0 aliphatic rings. The standard InChI is InChI=1S/C17H22N4O2S/c1-10(2)9-18-17(23)21-15(22)11(3)24-16-13-7-5-6-8-14(13)19-12(4)20-16/h5-8,10-11H,9H2,1-4H3,(H2,18,21,22,23). The lowest BCUT2D eigenvalue weighted by molar-refractivity contribution is -0.119. The minimum absolute atomic E-state index is 0.327. The largest absolute Gasteiger partial charge is 0.338 e. The first kappa shape index (κ1) is 18.2. The van der Waals surface area contributed by atoms with Gasteiger partial charge in [-0.2, -0.15) is 0 Å². The summed E-state index contributed by atoms with van der Waals surface area (Å²) < 4.78 is 0. The Hall–Kier alpha value is -2.15. The average molecular weight is 346 g/mol. The van der Waals surface area contributed by atoms with Crippen LogP contribution >= 0.6 is 11.8 Å². The third-order valence-electron chi connectivity index (χ3n) is 3.25. The van der Waals surface area contributed by atoms with Gasteiger partial charge in [0, 0.05) is 11.9 Å². The number of aromatic nitrogens is 2. The first-order valence-corrected chi connectivity index (χ1v) is 8.73. The summed E-state index contributed by atoms with van der Waals surface area (Å²) in [6.07, 6.45) is 0. The van der Waals surface area contributed by atoms with Gasteiger partial charge in [0.25, 0.3) is 0 Å². The van der Waals surface area contributed by atoms with E-state index in [0.29, 0.717) is 18.3 Å². The van der Waals surface area contributed by atoms with E-state index in [-0.39, 0.29) is 5.91 Å². The third kappa shape index (κ3) is 4.92. The number of imide groups is 1. The van der Waals surface area contributed by atoms with Gasteiger partial charge in [0.2, 0.25) is 5.91 Å². The van der Waals surface area contributed by atoms with Crippen molar-refractivity contribution in [3.8, 4) is 0 Å². The zero-order valence-corrected chi connectivity index (χ0v) is 15.1. The second-order valence-electron chi connectivity index (χ2n) is 5.95. The smallest absolute Gasteiger partial charge is 0.321 e. The van der Waals surface area contributed by atoms with E-state index in [4.69, 9.17) is 0 Å². The highest BCUT2D eigenvalue weighted by atomic mass is 32.2. The highest BCUT2D eigenvalue weighted by molar-refractivity contribution is 8.00. The van der Waals surface area contributed by atoms with Crippen LogP contribution in [0.25, 0.3) is 10.9 Å². The number of hydrogen-bond acceptors (Lipinski definition) is 5. The van der Waals surface area contributed by atoms with E-state index in [0.717, 1.165) is 15.9 Å². The Morgan fingerprint density at radius 3 is 2.58 bits per heavy atom. The number of carbonyl (C=O) groups excluding carboxylic acids is 2. The molecule has 1 aromatic heterocycles. The maximum absolute atomic E-state index is 12.2. The number of urea groups is 1. The van der Waals surface area contributed by atoms with Gasteiger partial charge in [-0.3, -0.25) is 10.1 Å². The highest BCUT2D eigenvalue weighted by Crippen LogP contribution is 2.28. The van der Waals surface area contributed by atoms with Crippen LogP contribution in [0.2, 0.25) is 0 Å². The SMILES string of the molecule is Cc1nc(SC(C)C(=O)NC(=O)NCC(C)C)c2ccccc2n1. The molecule has 2 N–H and O–H groups in total. The summed E-state index contributed by atoms with van der Waals surface area (Å²) in [6, 6.07) is 7.20. The lowest BCUT2D eigenvalue weighted by Crippen LogP contribution is -2.43. The first-order valence-electron chi connectivity index (χ1n) is 7.85. The second kappa shape index (κ2) is 8.10. The van der Waals surface area contributed by atoms with Gasteiger partial charge in [-0.15, -0.1) is 0 Å². The number of thioether (sulfide) groups is 1. The normalized spacial score (nSPS) is 12.2. The maximum atomic E-state index is 12.2. The first-order chi connectivity index (χ1) is 11.4. The van der Waals surface area contributed by atoms with Crippen LogP contribution in [0, 0.1) is 12.8 Å². The van der Waals surface area contributed by atoms with Crippen molar-refractivity contribution < 1.29 is 9.59 Å². The summed E-state index contributed by atoms with van der Waals surface area (Å²) in [5.74, 6) is 0.632. The number of nitrogens with one attached hydrogen (secondary N) is 2. The minimum atomic E-state index is -0.468. The number of hydrogen-bond donors (Lipinski definition) is 2. The monoisotopic (exact) mass is 346 g/mol. The number of aryl methyl sites for hydroxylation is 1. The van der Waals surface area contributed by atoms with E-state index >= 15 is 0 Å². The molecule has 1 aromatic carbocycles. The van der Waals surface area contributed by atoms with Crippen LogP contribution in [0.1, 0.15) is 26.6 Å². The average Bonchev–Trinajstić information content (AvgIpc) is 2.52. The van der Waals surface area contributed by atoms with E-state index < -0.39 is 11.3 Å². The fraction of sp³-hybridized carbons (Fsp3) is 0.412. The molecule has 0 spiro atoms. The fourth-order valence-corrected chi connectivity index (χ4v) is 3.01. The van der Waals surface area contributed by atoms with Gasteiger partial charge >= 0.3 is 6.03 Å². The van der Waals surface area contributed by atoms with Crippen molar-refractivity contribution in [1.29, 1.82) is 0 Å². The molecule has 2 rings (SSSR count). The summed E-state index contributed by atoms with van der Waals surface area (Å²) >= 11 is 1.32. The summed E-state index contributed by atoms with van der Waals surface area (Å²) in [6.45, 7) is 8.07. The molecule has 0 saturated heterocycles. The molecule has 128 valence electrons. The summed E-state index contributed by atoms with van der Waals surface area (Å²) in [5.41, 5.74) is 0.842. The zero-order valence-electron chi connectivity index (χ0n) is 14.3. The van der Waals surface area contributed by atoms with Gasteiger partial charge in [-0.25, -0.2) is 14.8 Å². The quantitative estimate of drug-likeness (QED) is 0.642. The molecular weight excluding hydrogens is 324 g/mol. The van der Waals surface area contributed by atoms with E-state index in [1.165, 1.54) is 11.8 Å². The molecule has 0 aliphatic carbocycles. The molecule has 1 atom stereocenters.